The van der Waals surface area contributed by atoms with Crippen molar-refractivity contribution in [1.82, 2.24) is 19.9 Å². The van der Waals surface area contributed by atoms with E-state index in [0.717, 1.165) is 29.8 Å². The van der Waals surface area contributed by atoms with Crippen molar-refractivity contribution in [2.24, 2.45) is 0 Å². The molecule has 1 amide bonds. The van der Waals surface area contributed by atoms with E-state index in [-0.39, 0.29) is 5.91 Å². The zero-order valence-electron chi connectivity index (χ0n) is 19.7. The van der Waals surface area contributed by atoms with E-state index in [4.69, 9.17) is 23.2 Å². The Morgan fingerprint density at radius 1 is 1.09 bits per heavy atom. The number of imidazole rings is 1. The topological polar surface area (TPSA) is 77.1 Å². The average Bonchev–Trinajstić information content (AvgIpc) is 3.27. The van der Waals surface area contributed by atoms with E-state index in [1.54, 1.807) is 12.1 Å². The van der Waals surface area contributed by atoms with Gasteiger partial charge in [0, 0.05) is 30.9 Å². The van der Waals surface area contributed by atoms with Gasteiger partial charge in [0.1, 0.15) is 11.0 Å². The number of nitrogens with one attached hydrogen (secondary N) is 2. The summed E-state index contributed by atoms with van der Waals surface area (Å²) in [6, 6.07) is 15.9. The molecule has 0 bridgehead atoms. The maximum atomic E-state index is 13.0. The number of aromatic amines is 1. The number of likely N-dealkylation sites (N-methyl/N-ethyl adjacent to an activating group) is 1. The molecule has 2 N–H and O–H groups in total. The molecular weight excluding hydrogens is 483 g/mol. The van der Waals surface area contributed by atoms with Gasteiger partial charge < -0.3 is 15.2 Å². The van der Waals surface area contributed by atoms with Crippen molar-refractivity contribution in [2.75, 3.05) is 30.4 Å². The molecule has 1 saturated heterocycles. The quantitative estimate of drug-likeness (QED) is 0.345. The molecule has 35 heavy (non-hydrogen) atoms. The SMILES string of the molecule is C[C@@H]1CN(c2ccc(C(=O)Nc3cnc(Cl)c(-c4nc5ccccc5[nH]4)c3)c(Cl)c2)C[C@H](C)N1C. The number of para-hydroxylation sites is 2. The Kier molecular flexibility index (Phi) is 6.40. The number of rotatable bonds is 4. The van der Waals surface area contributed by atoms with Gasteiger partial charge in [-0.1, -0.05) is 35.3 Å². The molecule has 0 aliphatic carbocycles. The number of H-pyrrole nitrogens is 1. The van der Waals surface area contributed by atoms with E-state index >= 15 is 0 Å². The largest absolute Gasteiger partial charge is 0.368 e. The molecule has 0 spiro atoms. The van der Waals surface area contributed by atoms with Crippen LogP contribution in [-0.4, -0.2) is 58.0 Å². The molecule has 1 aliphatic rings. The number of pyridine rings is 1. The van der Waals surface area contributed by atoms with Crippen LogP contribution in [0.15, 0.2) is 54.7 Å². The average molecular weight is 509 g/mol. The van der Waals surface area contributed by atoms with E-state index in [0.29, 0.717) is 44.9 Å². The summed E-state index contributed by atoms with van der Waals surface area (Å²) in [5.41, 5.74) is 4.22. The molecule has 5 rings (SSSR count). The minimum Gasteiger partial charge on any atom is -0.368 e. The van der Waals surface area contributed by atoms with E-state index in [9.17, 15) is 4.79 Å². The molecule has 180 valence electrons. The summed E-state index contributed by atoms with van der Waals surface area (Å²) in [7, 11) is 2.15. The first-order valence-electron chi connectivity index (χ1n) is 11.5. The van der Waals surface area contributed by atoms with Crippen molar-refractivity contribution in [1.29, 1.82) is 0 Å². The molecular formula is C26H26Cl2N6O. The highest BCUT2D eigenvalue weighted by molar-refractivity contribution is 6.35. The summed E-state index contributed by atoms with van der Waals surface area (Å²) in [5.74, 6) is 0.263. The Balaban J connectivity index is 1.36. The molecule has 0 saturated carbocycles. The second kappa shape index (κ2) is 9.49. The normalized spacial score (nSPS) is 18.7. The van der Waals surface area contributed by atoms with Crippen LogP contribution in [0.2, 0.25) is 10.2 Å². The highest BCUT2D eigenvalue weighted by atomic mass is 35.5. The van der Waals surface area contributed by atoms with E-state index in [1.165, 1.54) is 6.20 Å². The second-order valence-electron chi connectivity index (χ2n) is 9.05. The Labute approximate surface area is 214 Å². The van der Waals surface area contributed by atoms with Crippen LogP contribution in [0.1, 0.15) is 24.2 Å². The van der Waals surface area contributed by atoms with Gasteiger partial charge in [0.25, 0.3) is 5.91 Å². The van der Waals surface area contributed by atoms with E-state index in [2.05, 4.69) is 51.0 Å². The lowest BCUT2D eigenvalue weighted by Gasteiger charge is -2.43. The van der Waals surface area contributed by atoms with Gasteiger partial charge in [-0.2, -0.15) is 0 Å². The van der Waals surface area contributed by atoms with Gasteiger partial charge in [0.2, 0.25) is 0 Å². The van der Waals surface area contributed by atoms with Gasteiger partial charge in [-0.3, -0.25) is 9.69 Å². The summed E-state index contributed by atoms with van der Waals surface area (Å²) in [6.45, 7) is 6.24. The lowest BCUT2D eigenvalue weighted by molar-refractivity contribution is 0.102. The number of carbonyl (C=O) groups is 1. The van der Waals surface area contributed by atoms with Crippen LogP contribution >= 0.6 is 23.2 Å². The molecule has 4 aromatic rings. The summed E-state index contributed by atoms with van der Waals surface area (Å²) < 4.78 is 0. The predicted octanol–water partition coefficient (Wildman–Crippen LogP) is 5.71. The number of piperazine rings is 1. The monoisotopic (exact) mass is 508 g/mol. The van der Waals surface area contributed by atoms with Crippen LogP contribution in [0.5, 0.6) is 0 Å². The fraction of sp³-hybridized carbons (Fsp3) is 0.269. The molecule has 2 aromatic carbocycles. The first kappa shape index (κ1) is 23.6. The number of aromatic nitrogens is 3. The standard InChI is InChI=1S/C26H26Cl2N6O/c1-15-13-34(14-16(2)33(15)3)18-8-9-19(21(27)11-18)26(35)30-17-10-20(24(28)29-12-17)25-31-22-6-4-5-7-23(22)32-25/h4-12,15-16H,13-14H2,1-3H3,(H,30,35)(H,31,32)/t15-,16+. The van der Waals surface area contributed by atoms with Gasteiger partial charge in [-0.25, -0.2) is 9.97 Å². The van der Waals surface area contributed by atoms with Crippen molar-refractivity contribution < 1.29 is 4.79 Å². The van der Waals surface area contributed by atoms with Gasteiger partial charge in [0.15, 0.2) is 0 Å². The highest BCUT2D eigenvalue weighted by Gasteiger charge is 2.27. The summed E-state index contributed by atoms with van der Waals surface area (Å²) in [4.78, 5) is 29.8. The van der Waals surface area contributed by atoms with Gasteiger partial charge in [-0.05, 0) is 57.3 Å². The second-order valence-corrected chi connectivity index (χ2v) is 9.82. The van der Waals surface area contributed by atoms with Crippen molar-refractivity contribution in [3.63, 3.8) is 0 Å². The lowest BCUT2D eigenvalue weighted by Crippen LogP contribution is -2.55. The van der Waals surface area contributed by atoms with Gasteiger partial charge in [-0.15, -0.1) is 0 Å². The van der Waals surface area contributed by atoms with Crippen LogP contribution < -0.4 is 10.2 Å². The smallest absolute Gasteiger partial charge is 0.257 e. The molecule has 1 fully saturated rings. The third-order valence-corrected chi connectivity index (χ3v) is 7.28. The molecule has 0 unspecified atom stereocenters. The number of halogens is 2. The van der Waals surface area contributed by atoms with E-state index < -0.39 is 0 Å². The Morgan fingerprint density at radius 2 is 1.83 bits per heavy atom. The predicted molar refractivity (Wildman–Crippen MR) is 143 cm³/mol. The van der Waals surface area contributed by atoms with Crippen LogP contribution in [0.25, 0.3) is 22.4 Å². The molecule has 3 heterocycles. The third-order valence-electron chi connectivity index (χ3n) is 6.66. The third kappa shape index (κ3) is 4.72. The Hall–Kier alpha value is -3.13. The zero-order chi connectivity index (χ0) is 24.7. The summed E-state index contributed by atoms with van der Waals surface area (Å²) >= 11 is 12.9. The fourth-order valence-electron chi connectivity index (χ4n) is 4.46. The number of hydrogen-bond acceptors (Lipinski definition) is 5. The highest BCUT2D eigenvalue weighted by Crippen LogP contribution is 2.30. The number of fused-ring (bicyclic) bond motifs is 1. The van der Waals surface area contributed by atoms with Crippen LogP contribution in [0.4, 0.5) is 11.4 Å². The van der Waals surface area contributed by atoms with Crippen molar-refractivity contribution in [3.05, 3.63) is 70.5 Å². The fourth-order valence-corrected chi connectivity index (χ4v) is 4.91. The minimum absolute atomic E-state index is 0.292. The Morgan fingerprint density at radius 3 is 2.54 bits per heavy atom. The number of amides is 1. The van der Waals surface area contributed by atoms with Crippen LogP contribution in [0, 0.1) is 0 Å². The molecule has 9 heteroatoms. The van der Waals surface area contributed by atoms with Gasteiger partial charge >= 0.3 is 0 Å². The van der Waals surface area contributed by atoms with Crippen molar-refractivity contribution in [2.45, 2.75) is 25.9 Å². The summed E-state index contributed by atoms with van der Waals surface area (Å²) in [5, 5.41) is 3.58. The number of carbonyl (C=O) groups excluding carboxylic acids is 1. The lowest BCUT2D eigenvalue weighted by atomic mass is 10.1. The van der Waals surface area contributed by atoms with Crippen molar-refractivity contribution >= 4 is 51.5 Å². The van der Waals surface area contributed by atoms with E-state index in [1.807, 2.05) is 36.4 Å². The Bertz CT molecular complexity index is 1360. The maximum Gasteiger partial charge on any atom is 0.257 e. The molecule has 1 aliphatic heterocycles. The number of hydrogen-bond donors (Lipinski definition) is 2. The van der Waals surface area contributed by atoms with Crippen LogP contribution in [-0.2, 0) is 0 Å². The molecule has 0 radical (unpaired) electrons. The number of anilines is 2. The minimum atomic E-state index is -0.318. The first-order valence-corrected chi connectivity index (χ1v) is 12.2. The number of nitrogens with zero attached hydrogens (tertiary/aromatic N) is 4. The van der Waals surface area contributed by atoms with Crippen molar-refractivity contribution in [3.8, 4) is 11.4 Å². The maximum absolute atomic E-state index is 13.0. The molecule has 2 aromatic heterocycles. The number of benzene rings is 2. The van der Waals surface area contributed by atoms with Gasteiger partial charge in [0.05, 0.1) is 39.1 Å². The molecule has 7 nitrogen and oxygen atoms in total. The zero-order valence-corrected chi connectivity index (χ0v) is 21.2. The summed E-state index contributed by atoms with van der Waals surface area (Å²) in [6.07, 6.45) is 1.52. The first-order chi connectivity index (χ1) is 16.8. The molecule has 2 atom stereocenters. The van der Waals surface area contributed by atoms with Crippen LogP contribution in [0.3, 0.4) is 0 Å².